The van der Waals surface area contributed by atoms with Crippen molar-refractivity contribution in [1.82, 2.24) is 0 Å². The Hall–Kier alpha value is -1.09. The van der Waals surface area contributed by atoms with Crippen LogP contribution in [0.3, 0.4) is 0 Å². The summed E-state index contributed by atoms with van der Waals surface area (Å²) in [5.74, 6) is 1.17. The van der Waals surface area contributed by atoms with E-state index >= 15 is 0 Å². The summed E-state index contributed by atoms with van der Waals surface area (Å²) in [6.45, 7) is 2.97. The SMILES string of the molecule is CC(=O)CCC1(c2ccco2)COC1. The molecule has 1 aromatic heterocycles. The Labute approximate surface area is 83.0 Å². The minimum Gasteiger partial charge on any atom is -0.469 e. The first-order valence-electron chi connectivity index (χ1n) is 4.84. The summed E-state index contributed by atoms with van der Waals surface area (Å²) >= 11 is 0. The van der Waals surface area contributed by atoms with E-state index in [1.807, 2.05) is 12.1 Å². The van der Waals surface area contributed by atoms with Gasteiger partial charge in [-0.2, -0.15) is 0 Å². The molecule has 76 valence electrons. The molecule has 0 atom stereocenters. The highest BCUT2D eigenvalue weighted by Gasteiger charge is 2.42. The normalized spacial score (nSPS) is 18.9. The number of rotatable bonds is 4. The monoisotopic (exact) mass is 194 g/mol. The van der Waals surface area contributed by atoms with Crippen LogP contribution in [0.15, 0.2) is 22.8 Å². The molecule has 3 nitrogen and oxygen atoms in total. The highest BCUT2D eigenvalue weighted by Crippen LogP contribution is 2.37. The lowest BCUT2D eigenvalue weighted by atomic mass is 9.78. The fourth-order valence-electron chi connectivity index (χ4n) is 1.75. The van der Waals surface area contributed by atoms with Crippen LogP contribution in [0.5, 0.6) is 0 Å². The predicted molar refractivity (Wildman–Crippen MR) is 51.1 cm³/mol. The standard InChI is InChI=1S/C11H14O3/c1-9(12)4-5-11(7-13-8-11)10-3-2-6-14-10/h2-3,6H,4-5,7-8H2,1H3. The third-order valence-corrected chi connectivity index (χ3v) is 2.76. The first-order chi connectivity index (χ1) is 6.73. The van der Waals surface area contributed by atoms with Gasteiger partial charge in [-0.15, -0.1) is 0 Å². The Kier molecular flexibility index (Phi) is 2.42. The Morgan fingerprint density at radius 3 is 2.79 bits per heavy atom. The van der Waals surface area contributed by atoms with Gasteiger partial charge in [0.15, 0.2) is 0 Å². The minimum atomic E-state index is -0.0326. The zero-order chi connectivity index (χ0) is 10.0. The van der Waals surface area contributed by atoms with E-state index in [1.165, 1.54) is 0 Å². The van der Waals surface area contributed by atoms with Crippen molar-refractivity contribution in [1.29, 1.82) is 0 Å². The number of carbonyl (C=O) groups is 1. The van der Waals surface area contributed by atoms with E-state index in [4.69, 9.17) is 9.15 Å². The summed E-state index contributed by atoms with van der Waals surface area (Å²) in [7, 11) is 0. The van der Waals surface area contributed by atoms with Crippen molar-refractivity contribution in [2.45, 2.75) is 25.2 Å². The maximum atomic E-state index is 10.9. The van der Waals surface area contributed by atoms with Gasteiger partial charge in [-0.1, -0.05) is 0 Å². The summed E-state index contributed by atoms with van der Waals surface area (Å²) in [5, 5.41) is 0. The quantitative estimate of drug-likeness (QED) is 0.735. The van der Waals surface area contributed by atoms with Crippen molar-refractivity contribution >= 4 is 5.78 Å². The van der Waals surface area contributed by atoms with Gasteiger partial charge in [-0.25, -0.2) is 0 Å². The van der Waals surface area contributed by atoms with E-state index in [0.717, 1.165) is 12.2 Å². The lowest BCUT2D eigenvalue weighted by molar-refractivity contribution is -0.119. The van der Waals surface area contributed by atoms with Crippen LogP contribution in [0.1, 0.15) is 25.5 Å². The van der Waals surface area contributed by atoms with E-state index in [-0.39, 0.29) is 11.2 Å². The predicted octanol–water partition coefficient (Wildman–Crippen LogP) is 1.92. The fraction of sp³-hybridized carbons (Fsp3) is 0.545. The molecule has 14 heavy (non-hydrogen) atoms. The summed E-state index contributed by atoms with van der Waals surface area (Å²) in [6.07, 6.45) is 3.10. The second-order valence-electron chi connectivity index (χ2n) is 3.95. The Balaban J connectivity index is 2.07. The van der Waals surface area contributed by atoms with Gasteiger partial charge in [0.1, 0.15) is 11.5 Å². The van der Waals surface area contributed by atoms with Crippen LogP contribution in [0.4, 0.5) is 0 Å². The summed E-state index contributed by atoms with van der Waals surface area (Å²) in [5.41, 5.74) is -0.0326. The molecule has 0 radical (unpaired) electrons. The number of carbonyl (C=O) groups excluding carboxylic acids is 1. The number of hydrogen-bond donors (Lipinski definition) is 0. The van der Waals surface area contributed by atoms with Crippen LogP contribution < -0.4 is 0 Å². The van der Waals surface area contributed by atoms with Crippen LogP contribution in [0.25, 0.3) is 0 Å². The van der Waals surface area contributed by atoms with Gasteiger partial charge in [-0.05, 0) is 25.5 Å². The van der Waals surface area contributed by atoms with Crippen molar-refractivity contribution in [3.8, 4) is 0 Å². The third-order valence-electron chi connectivity index (χ3n) is 2.76. The molecule has 1 saturated heterocycles. The van der Waals surface area contributed by atoms with Crippen LogP contribution in [0, 0.1) is 0 Å². The second kappa shape index (κ2) is 3.58. The van der Waals surface area contributed by atoms with E-state index in [0.29, 0.717) is 19.6 Å². The molecule has 0 N–H and O–H groups in total. The maximum Gasteiger partial charge on any atom is 0.129 e. The highest BCUT2D eigenvalue weighted by atomic mass is 16.5. The zero-order valence-corrected chi connectivity index (χ0v) is 8.29. The van der Waals surface area contributed by atoms with Crippen molar-refractivity contribution in [2.75, 3.05) is 13.2 Å². The molecular formula is C11H14O3. The lowest BCUT2D eigenvalue weighted by Crippen LogP contribution is -2.46. The lowest BCUT2D eigenvalue weighted by Gasteiger charge is -2.39. The van der Waals surface area contributed by atoms with E-state index in [2.05, 4.69) is 0 Å². The zero-order valence-electron chi connectivity index (χ0n) is 8.29. The molecule has 1 aromatic rings. The van der Waals surface area contributed by atoms with Gasteiger partial charge in [0.2, 0.25) is 0 Å². The van der Waals surface area contributed by atoms with Crippen molar-refractivity contribution in [2.24, 2.45) is 0 Å². The minimum absolute atomic E-state index is 0.0326. The molecule has 0 amide bonds. The highest BCUT2D eigenvalue weighted by molar-refractivity contribution is 5.75. The van der Waals surface area contributed by atoms with E-state index in [9.17, 15) is 4.79 Å². The smallest absolute Gasteiger partial charge is 0.129 e. The number of ether oxygens (including phenoxy) is 1. The molecule has 3 heteroatoms. The van der Waals surface area contributed by atoms with Crippen molar-refractivity contribution in [3.05, 3.63) is 24.2 Å². The Morgan fingerprint density at radius 1 is 1.57 bits per heavy atom. The van der Waals surface area contributed by atoms with Crippen molar-refractivity contribution < 1.29 is 13.9 Å². The first-order valence-corrected chi connectivity index (χ1v) is 4.84. The molecule has 0 saturated carbocycles. The van der Waals surface area contributed by atoms with Crippen LogP contribution in [-0.2, 0) is 14.9 Å². The van der Waals surface area contributed by atoms with Gasteiger partial charge in [0, 0.05) is 6.42 Å². The van der Waals surface area contributed by atoms with E-state index in [1.54, 1.807) is 13.2 Å². The first kappa shape index (κ1) is 9.46. The number of Topliss-reactive ketones (excluding diaryl/α,β-unsaturated/α-hetero) is 1. The topological polar surface area (TPSA) is 39.4 Å². The average molecular weight is 194 g/mol. The fourth-order valence-corrected chi connectivity index (χ4v) is 1.75. The summed E-state index contributed by atoms with van der Waals surface area (Å²) in [6, 6.07) is 3.84. The molecular weight excluding hydrogens is 180 g/mol. The molecule has 0 bridgehead atoms. The summed E-state index contributed by atoms with van der Waals surface area (Å²) < 4.78 is 10.6. The summed E-state index contributed by atoms with van der Waals surface area (Å²) in [4.78, 5) is 10.9. The Bertz CT molecular complexity index is 309. The average Bonchev–Trinajstić information content (AvgIpc) is 2.55. The molecule has 1 aliphatic heterocycles. The van der Waals surface area contributed by atoms with E-state index < -0.39 is 0 Å². The third kappa shape index (κ3) is 1.60. The largest absolute Gasteiger partial charge is 0.469 e. The van der Waals surface area contributed by atoms with Crippen LogP contribution in [0.2, 0.25) is 0 Å². The van der Waals surface area contributed by atoms with Gasteiger partial charge in [0.25, 0.3) is 0 Å². The van der Waals surface area contributed by atoms with Gasteiger partial charge in [0.05, 0.1) is 24.9 Å². The molecule has 0 aliphatic carbocycles. The van der Waals surface area contributed by atoms with Gasteiger partial charge < -0.3 is 13.9 Å². The number of furan rings is 1. The molecule has 2 rings (SSSR count). The molecule has 0 unspecified atom stereocenters. The molecule has 0 aromatic carbocycles. The number of ketones is 1. The van der Waals surface area contributed by atoms with Crippen LogP contribution in [-0.4, -0.2) is 19.0 Å². The van der Waals surface area contributed by atoms with Crippen molar-refractivity contribution in [3.63, 3.8) is 0 Å². The molecule has 0 spiro atoms. The van der Waals surface area contributed by atoms with Gasteiger partial charge >= 0.3 is 0 Å². The van der Waals surface area contributed by atoms with Crippen LogP contribution >= 0.6 is 0 Å². The molecule has 1 fully saturated rings. The molecule has 1 aliphatic rings. The number of hydrogen-bond acceptors (Lipinski definition) is 3. The maximum absolute atomic E-state index is 10.9. The molecule has 2 heterocycles. The Morgan fingerprint density at radius 2 is 2.36 bits per heavy atom. The van der Waals surface area contributed by atoms with Gasteiger partial charge in [-0.3, -0.25) is 0 Å². The second-order valence-corrected chi connectivity index (χ2v) is 3.95.